The van der Waals surface area contributed by atoms with E-state index in [1.54, 1.807) is 0 Å². The molecule has 2 heteroatoms. The summed E-state index contributed by atoms with van der Waals surface area (Å²) in [5, 5.41) is 0. The highest BCUT2D eigenvalue weighted by Crippen LogP contribution is 2.82. The predicted octanol–water partition coefficient (Wildman–Crippen LogP) is 3.92. The minimum absolute atomic E-state index is 0.0111. The Labute approximate surface area is 127 Å². The smallest absolute Gasteiger partial charge is 0.139 e. The summed E-state index contributed by atoms with van der Waals surface area (Å²) in [5.74, 6) is 3.37. The molecule has 0 aromatic rings. The zero-order chi connectivity index (χ0) is 14.5. The number of hydrogen-bond donors (Lipinski definition) is 0. The molecule has 5 rings (SSSR count). The van der Waals surface area contributed by atoms with Gasteiger partial charge in [-0.05, 0) is 73.5 Å². The van der Waals surface area contributed by atoms with Crippen molar-refractivity contribution < 1.29 is 9.59 Å². The molecule has 0 spiro atoms. The minimum Gasteiger partial charge on any atom is -0.300 e. The summed E-state index contributed by atoms with van der Waals surface area (Å²) in [5.41, 5.74) is 0.952. The lowest BCUT2D eigenvalue weighted by Gasteiger charge is -2.53. The number of carbonyl (C=O) groups excluding carboxylic acids is 2. The molecule has 0 aromatic heterocycles. The van der Waals surface area contributed by atoms with Gasteiger partial charge < -0.3 is 0 Å². The SMILES string of the molecule is C[C@]12CC[C@@H]3[C@H](CC[C@]45CC(=O)CC[C@@]34C5)[C@@H]1CCC2=O. The largest absolute Gasteiger partial charge is 0.300 e. The van der Waals surface area contributed by atoms with Crippen LogP contribution in [0.3, 0.4) is 0 Å². The molecule has 5 aliphatic carbocycles. The molecule has 0 amide bonds. The van der Waals surface area contributed by atoms with Crippen molar-refractivity contribution in [3.05, 3.63) is 0 Å². The van der Waals surface area contributed by atoms with Gasteiger partial charge in [-0.2, -0.15) is 0 Å². The van der Waals surface area contributed by atoms with Crippen LogP contribution in [0.15, 0.2) is 0 Å². The summed E-state index contributed by atoms with van der Waals surface area (Å²) in [6.45, 7) is 2.26. The summed E-state index contributed by atoms with van der Waals surface area (Å²) < 4.78 is 0. The summed E-state index contributed by atoms with van der Waals surface area (Å²) >= 11 is 0. The van der Waals surface area contributed by atoms with Crippen molar-refractivity contribution in [3.63, 3.8) is 0 Å². The Morgan fingerprint density at radius 3 is 2.67 bits per heavy atom. The third kappa shape index (κ3) is 1.32. The van der Waals surface area contributed by atoms with Gasteiger partial charge in [-0.1, -0.05) is 6.92 Å². The maximum absolute atomic E-state index is 12.4. The van der Waals surface area contributed by atoms with Gasteiger partial charge in [0.15, 0.2) is 0 Å². The Morgan fingerprint density at radius 2 is 1.81 bits per heavy atom. The van der Waals surface area contributed by atoms with Gasteiger partial charge in [-0.3, -0.25) is 9.59 Å². The first-order chi connectivity index (χ1) is 10.0. The zero-order valence-electron chi connectivity index (χ0n) is 13.1. The molecular weight excluding hydrogens is 260 g/mol. The van der Waals surface area contributed by atoms with Gasteiger partial charge >= 0.3 is 0 Å². The van der Waals surface area contributed by atoms with E-state index in [-0.39, 0.29) is 5.41 Å². The molecule has 0 radical (unpaired) electrons. The molecule has 6 atom stereocenters. The Kier molecular flexibility index (Phi) is 2.22. The van der Waals surface area contributed by atoms with Gasteiger partial charge in [0.05, 0.1) is 0 Å². The molecule has 0 saturated heterocycles. The van der Waals surface area contributed by atoms with Crippen LogP contribution in [-0.2, 0) is 9.59 Å². The first-order valence-electron chi connectivity index (χ1n) is 9.06. The maximum atomic E-state index is 12.4. The van der Waals surface area contributed by atoms with Crippen LogP contribution in [0, 0.1) is 34.0 Å². The monoisotopic (exact) mass is 286 g/mol. The number of hydrogen-bond acceptors (Lipinski definition) is 2. The minimum atomic E-state index is 0.0111. The van der Waals surface area contributed by atoms with E-state index in [0.29, 0.717) is 28.3 Å². The van der Waals surface area contributed by atoms with Crippen molar-refractivity contribution in [2.45, 2.75) is 71.1 Å². The van der Waals surface area contributed by atoms with Crippen molar-refractivity contribution in [2.24, 2.45) is 34.0 Å². The average Bonchev–Trinajstić information content (AvgIpc) is 3.05. The Balaban J connectivity index is 1.50. The molecule has 0 aliphatic heterocycles. The summed E-state index contributed by atoms with van der Waals surface area (Å²) in [6, 6.07) is 0. The number of Topliss-reactive ketones (excluding diaryl/α,β-unsaturated/α-hetero) is 2. The fraction of sp³-hybridized carbons (Fsp3) is 0.895. The van der Waals surface area contributed by atoms with E-state index >= 15 is 0 Å². The van der Waals surface area contributed by atoms with Crippen molar-refractivity contribution in [2.75, 3.05) is 0 Å². The second-order valence-electron chi connectivity index (χ2n) is 9.16. The van der Waals surface area contributed by atoms with E-state index in [1.165, 1.54) is 32.1 Å². The molecule has 0 bridgehead atoms. The van der Waals surface area contributed by atoms with Crippen LogP contribution >= 0.6 is 0 Å². The van der Waals surface area contributed by atoms with Gasteiger partial charge in [0.1, 0.15) is 11.6 Å². The van der Waals surface area contributed by atoms with Crippen LogP contribution in [0.2, 0.25) is 0 Å². The summed E-state index contributed by atoms with van der Waals surface area (Å²) in [6.07, 6.45) is 11.2. The second kappa shape index (κ2) is 3.63. The highest BCUT2D eigenvalue weighted by atomic mass is 16.1. The topological polar surface area (TPSA) is 34.1 Å². The highest BCUT2D eigenvalue weighted by molar-refractivity contribution is 5.87. The lowest BCUT2D eigenvalue weighted by Crippen LogP contribution is -2.48. The van der Waals surface area contributed by atoms with Crippen LogP contribution < -0.4 is 0 Å². The molecule has 114 valence electrons. The van der Waals surface area contributed by atoms with Crippen LogP contribution in [0.1, 0.15) is 71.1 Å². The Bertz CT molecular complexity index is 552. The van der Waals surface area contributed by atoms with E-state index in [1.807, 2.05) is 0 Å². The molecule has 5 saturated carbocycles. The number of fused-ring (bicyclic) bond motifs is 3. The van der Waals surface area contributed by atoms with Gasteiger partial charge in [0.2, 0.25) is 0 Å². The lowest BCUT2D eigenvalue weighted by molar-refractivity contribution is -0.134. The molecule has 0 unspecified atom stereocenters. The second-order valence-corrected chi connectivity index (χ2v) is 9.16. The molecule has 5 aliphatic rings. The first kappa shape index (κ1) is 12.8. The highest BCUT2D eigenvalue weighted by Gasteiger charge is 2.75. The molecule has 2 nitrogen and oxygen atoms in total. The maximum Gasteiger partial charge on any atom is 0.139 e. The van der Waals surface area contributed by atoms with Crippen LogP contribution in [-0.4, -0.2) is 11.6 Å². The molecule has 21 heavy (non-hydrogen) atoms. The van der Waals surface area contributed by atoms with Crippen molar-refractivity contribution in [1.29, 1.82) is 0 Å². The zero-order valence-corrected chi connectivity index (χ0v) is 13.1. The molecule has 0 N–H and O–H groups in total. The predicted molar refractivity (Wildman–Crippen MR) is 79.6 cm³/mol. The summed E-state index contributed by atoms with van der Waals surface area (Å²) in [7, 11) is 0. The molecule has 0 aromatic carbocycles. The van der Waals surface area contributed by atoms with Crippen molar-refractivity contribution >= 4 is 11.6 Å². The summed E-state index contributed by atoms with van der Waals surface area (Å²) in [4.78, 5) is 24.3. The third-order valence-corrected chi connectivity index (χ3v) is 8.78. The fourth-order valence-corrected chi connectivity index (χ4v) is 7.71. The normalized spacial score (nSPS) is 58.0. The van der Waals surface area contributed by atoms with Crippen LogP contribution in [0.25, 0.3) is 0 Å². The van der Waals surface area contributed by atoms with E-state index in [9.17, 15) is 9.59 Å². The number of ketones is 2. The first-order valence-corrected chi connectivity index (χ1v) is 9.06. The van der Waals surface area contributed by atoms with Gasteiger partial charge in [0, 0.05) is 24.7 Å². The van der Waals surface area contributed by atoms with E-state index < -0.39 is 0 Å². The average molecular weight is 286 g/mol. The number of rotatable bonds is 0. The van der Waals surface area contributed by atoms with Crippen LogP contribution in [0.4, 0.5) is 0 Å². The lowest BCUT2D eigenvalue weighted by atomic mass is 9.50. The van der Waals surface area contributed by atoms with Gasteiger partial charge in [0.25, 0.3) is 0 Å². The van der Waals surface area contributed by atoms with Gasteiger partial charge in [-0.15, -0.1) is 0 Å². The quantitative estimate of drug-likeness (QED) is 0.676. The van der Waals surface area contributed by atoms with Gasteiger partial charge in [-0.25, -0.2) is 0 Å². The molecular formula is C19H26O2. The van der Waals surface area contributed by atoms with Crippen molar-refractivity contribution in [3.8, 4) is 0 Å². The van der Waals surface area contributed by atoms with E-state index in [2.05, 4.69) is 6.92 Å². The fourth-order valence-electron chi connectivity index (χ4n) is 7.71. The Hall–Kier alpha value is -0.660. The van der Waals surface area contributed by atoms with E-state index in [0.717, 1.165) is 43.9 Å². The number of carbonyl (C=O) groups is 2. The Morgan fingerprint density at radius 1 is 0.952 bits per heavy atom. The standard InChI is InChI=1S/C19H26O2/c1-17-7-6-15-13(14(17)2-3-16(17)21)5-8-18-10-12(20)4-9-19(15,18)11-18/h13-15H,2-11H2,1H3/t13-,14+,15-,17+,18-,19-/m1/s1. The van der Waals surface area contributed by atoms with Crippen LogP contribution in [0.5, 0.6) is 0 Å². The van der Waals surface area contributed by atoms with Crippen molar-refractivity contribution in [1.82, 2.24) is 0 Å². The third-order valence-electron chi connectivity index (χ3n) is 8.78. The molecule has 0 heterocycles. The molecule has 5 fully saturated rings. The van der Waals surface area contributed by atoms with E-state index in [4.69, 9.17) is 0 Å².